The lowest BCUT2D eigenvalue weighted by Gasteiger charge is -2.23. The molecule has 0 bridgehead atoms. The van der Waals surface area contributed by atoms with Crippen molar-refractivity contribution in [3.05, 3.63) is 53.0 Å². The minimum Gasteiger partial charge on any atom is -0.481 e. The van der Waals surface area contributed by atoms with E-state index in [2.05, 4.69) is 19.9 Å². The van der Waals surface area contributed by atoms with Gasteiger partial charge in [-0.1, -0.05) is 24.6 Å². The van der Waals surface area contributed by atoms with Gasteiger partial charge < -0.3 is 14.9 Å². The lowest BCUT2D eigenvalue weighted by atomic mass is 10.1. The second kappa shape index (κ2) is 6.14. The molecule has 2 unspecified atom stereocenters. The molecule has 3 heteroatoms. The fourth-order valence-electron chi connectivity index (χ4n) is 2.25. The van der Waals surface area contributed by atoms with Gasteiger partial charge in [-0.25, -0.2) is 0 Å². The Kier molecular flexibility index (Phi) is 4.50. The molecule has 2 N–H and O–H groups in total. The number of ether oxygens (including phenoxy) is 1. The fourth-order valence-corrected chi connectivity index (χ4v) is 2.25. The van der Waals surface area contributed by atoms with Crippen LogP contribution in [0, 0.1) is 20.8 Å². The molecule has 0 saturated carbocycles. The van der Waals surface area contributed by atoms with E-state index in [0.717, 1.165) is 29.3 Å². The molecule has 3 nitrogen and oxygen atoms in total. The smallest absolute Gasteiger partial charge is 0.171 e. The quantitative estimate of drug-likeness (QED) is 0.893. The van der Waals surface area contributed by atoms with Crippen LogP contribution in [-0.4, -0.2) is 6.04 Å². The summed E-state index contributed by atoms with van der Waals surface area (Å²) in [5.41, 5.74) is 8.54. The molecular weight excluding hydrogens is 250 g/mol. The predicted molar refractivity (Wildman–Crippen MR) is 81.0 cm³/mol. The van der Waals surface area contributed by atoms with Crippen molar-refractivity contribution in [1.82, 2.24) is 0 Å². The molecule has 20 heavy (non-hydrogen) atoms. The van der Waals surface area contributed by atoms with Crippen molar-refractivity contribution in [3.8, 4) is 5.75 Å². The van der Waals surface area contributed by atoms with E-state index < -0.39 is 0 Å². The van der Waals surface area contributed by atoms with E-state index in [4.69, 9.17) is 14.9 Å². The molecule has 1 aromatic heterocycles. The van der Waals surface area contributed by atoms with Crippen molar-refractivity contribution in [1.29, 1.82) is 0 Å². The molecule has 2 rings (SSSR count). The van der Waals surface area contributed by atoms with E-state index in [-0.39, 0.29) is 12.1 Å². The second-order valence-electron chi connectivity index (χ2n) is 5.33. The number of aryl methyl sites for hydroxylation is 3. The molecule has 0 radical (unpaired) electrons. The number of nitrogens with two attached hydrogens (primary N) is 1. The average Bonchev–Trinajstić information content (AvgIpc) is 2.83. The van der Waals surface area contributed by atoms with Crippen LogP contribution in [0.15, 0.2) is 34.7 Å². The van der Waals surface area contributed by atoms with E-state index in [1.165, 1.54) is 5.56 Å². The zero-order chi connectivity index (χ0) is 14.7. The molecule has 1 heterocycles. The minimum absolute atomic E-state index is 0.0961. The lowest BCUT2D eigenvalue weighted by molar-refractivity contribution is 0.142. The highest BCUT2D eigenvalue weighted by atomic mass is 16.5. The molecule has 0 saturated heterocycles. The molecule has 1 aromatic carbocycles. The minimum atomic E-state index is -0.255. The molecule has 2 aromatic rings. The highest BCUT2D eigenvalue weighted by Gasteiger charge is 2.24. The fraction of sp³-hybridized carbons (Fsp3) is 0.412. The van der Waals surface area contributed by atoms with Crippen LogP contribution in [0.2, 0.25) is 0 Å². The molecular formula is C17H23NO2. The first-order chi connectivity index (χ1) is 9.51. The van der Waals surface area contributed by atoms with E-state index >= 15 is 0 Å². The summed E-state index contributed by atoms with van der Waals surface area (Å²) in [5, 5.41) is 0. The van der Waals surface area contributed by atoms with Crippen LogP contribution in [0.3, 0.4) is 0 Å². The van der Waals surface area contributed by atoms with Crippen molar-refractivity contribution < 1.29 is 9.15 Å². The number of hydrogen-bond acceptors (Lipinski definition) is 3. The largest absolute Gasteiger partial charge is 0.481 e. The van der Waals surface area contributed by atoms with Crippen molar-refractivity contribution in [2.75, 3.05) is 0 Å². The first-order valence-electron chi connectivity index (χ1n) is 7.07. The summed E-state index contributed by atoms with van der Waals surface area (Å²) >= 11 is 0. The van der Waals surface area contributed by atoms with Crippen LogP contribution in [0.1, 0.15) is 42.1 Å². The average molecular weight is 273 g/mol. The summed E-state index contributed by atoms with van der Waals surface area (Å²) in [6, 6.07) is 9.94. The van der Waals surface area contributed by atoms with Crippen LogP contribution in [0.4, 0.5) is 0 Å². The van der Waals surface area contributed by atoms with Crippen molar-refractivity contribution in [2.24, 2.45) is 5.73 Å². The van der Waals surface area contributed by atoms with Crippen LogP contribution in [0.5, 0.6) is 5.75 Å². The van der Waals surface area contributed by atoms with Gasteiger partial charge in [0.05, 0.1) is 0 Å². The topological polar surface area (TPSA) is 48.4 Å². The lowest BCUT2D eigenvalue weighted by Crippen LogP contribution is -2.31. The van der Waals surface area contributed by atoms with Crippen LogP contribution in [0.25, 0.3) is 0 Å². The van der Waals surface area contributed by atoms with E-state index in [0.29, 0.717) is 0 Å². The Hall–Kier alpha value is -1.74. The maximum absolute atomic E-state index is 6.20. The van der Waals surface area contributed by atoms with Gasteiger partial charge in [0.25, 0.3) is 0 Å². The van der Waals surface area contributed by atoms with Gasteiger partial charge in [-0.15, -0.1) is 0 Å². The first-order valence-corrected chi connectivity index (χ1v) is 7.07. The summed E-state index contributed by atoms with van der Waals surface area (Å²) in [7, 11) is 0. The van der Waals surface area contributed by atoms with Gasteiger partial charge in [0.2, 0.25) is 0 Å². The van der Waals surface area contributed by atoms with Crippen LogP contribution in [-0.2, 0) is 0 Å². The normalized spacial score (nSPS) is 14.1. The predicted octanol–water partition coefficient (Wildman–Crippen LogP) is 4.06. The Morgan fingerprint density at radius 2 is 1.90 bits per heavy atom. The van der Waals surface area contributed by atoms with E-state index in [1.807, 2.05) is 38.1 Å². The van der Waals surface area contributed by atoms with E-state index in [1.54, 1.807) is 0 Å². The zero-order valence-corrected chi connectivity index (χ0v) is 12.6. The highest BCUT2D eigenvalue weighted by molar-refractivity contribution is 5.36. The molecule has 0 aliphatic heterocycles. The Labute approximate surface area is 120 Å². The molecule has 0 aliphatic rings. The summed E-state index contributed by atoms with van der Waals surface area (Å²) < 4.78 is 11.8. The van der Waals surface area contributed by atoms with Gasteiger partial charge in [-0.3, -0.25) is 0 Å². The van der Waals surface area contributed by atoms with Gasteiger partial charge in [0.15, 0.2) is 6.10 Å². The van der Waals surface area contributed by atoms with Gasteiger partial charge in [-0.05, 0) is 51.0 Å². The number of benzene rings is 1. The van der Waals surface area contributed by atoms with Crippen molar-refractivity contribution >= 4 is 0 Å². The maximum atomic E-state index is 6.20. The Morgan fingerprint density at radius 1 is 1.15 bits per heavy atom. The van der Waals surface area contributed by atoms with E-state index in [9.17, 15) is 0 Å². The second-order valence-corrected chi connectivity index (χ2v) is 5.33. The third kappa shape index (κ3) is 3.23. The first kappa shape index (κ1) is 14.7. The SMILES string of the molecule is CCC(N)C(Oc1ccc(C)cc1C)c1ccc(C)o1. The molecule has 0 spiro atoms. The summed E-state index contributed by atoms with van der Waals surface area (Å²) in [5.74, 6) is 2.52. The molecule has 0 aliphatic carbocycles. The number of hydrogen-bond donors (Lipinski definition) is 1. The molecule has 108 valence electrons. The number of rotatable bonds is 5. The third-order valence-electron chi connectivity index (χ3n) is 3.49. The van der Waals surface area contributed by atoms with Gasteiger partial charge in [0.1, 0.15) is 17.3 Å². The van der Waals surface area contributed by atoms with Crippen molar-refractivity contribution in [2.45, 2.75) is 46.3 Å². The summed E-state index contributed by atoms with van der Waals surface area (Å²) in [6.07, 6.45) is 0.574. The van der Waals surface area contributed by atoms with Gasteiger partial charge >= 0.3 is 0 Å². The monoisotopic (exact) mass is 273 g/mol. The third-order valence-corrected chi connectivity index (χ3v) is 3.49. The summed E-state index contributed by atoms with van der Waals surface area (Å²) in [4.78, 5) is 0. The molecule has 0 amide bonds. The Balaban J connectivity index is 2.28. The Bertz CT molecular complexity index is 574. The standard InChI is InChI=1S/C17H23NO2/c1-5-14(18)17(16-9-7-13(4)19-16)20-15-8-6-11(2)10-12(15)3/h6-10,14,17H,5,18H2,1-4H3. The van der Waals surface area contributed by atoms with Crippen LogP contribution < -0.4 is 10.5 Å². The summed E-state index contributed by atoms with van der Waals surface area (Å²) in [6.45, 7) is 8.10. The Morgan fingerprint density at radius 3 is 2.45 bits per heavy atom. The zero-order valence-electron chi connectivity index (χ0n) is 12.6. The van der Waals surface area contributed by atoms with Gasteiger partial charge in [0, 0.05) is 6.04 Å². The maximum Gasteiger partial charge on any atom is 0.171 e. The molecule has 0 fully saturated rings. The van der Waals surface area contributed by atoms with Crippen LogP contribution >= 0.6 is 0 Å². The molecule has 2 atom stereocenters. The van der Waals surface area contributed by atoms with Crippen molar-refractivity contribution in [3.63, 3.8) is 0 Å². The number of furan rings is 1. The van der Waals surface area contributed by atoms with Gasteiger partial charge in [-0.2, -0.15) is 0 Å². The highest BCUT2D eigenvalue weighted by Crippen LogP contribution is 2.29.